The Labute approximate surface area is 296 Å². The van der Waals surface area contributed by atoms with E-state index in [0.29, 0.717) is 46.8 Å². The molecule has 4 atom stereocenters. The van der Waals surface area contributed by atoms with Crippen LogP contribution in [0.2, 0.25) is 6.32 Å². The molecule has 0 bridgehead atoms. The van der Waals surface area contributed by atoms with Gasteiger partial charge in [-0.25, -0.2) is 4.90 Å². The number of benzene rings is 3. The number of hydrogen-bond donors (Lipinski definition) is 2. The van der Waals surface area contributed by atoms with Gasteiger partial charge in [-0.05, 0) is 97.1 Å². The third-order valence-corrected chi connectivity index (χ3v) is 9.86. The van der Waals surface area contributed by atoms with Gasteiger partial charge in [0.1, 0.15) is 18.1 Å². The number of halogens is 6. The lowest BCUT2D eigenvalue weighted by Gasteiger charge is -2.43. The molecular formula is C38H36BF6NO6. The average Bonchev–Trinajstić information content (AvgIpc) is 3.35. The number of aromatic hydroxyl groups is 1. The molecule has 3 aliphatic rings. The topological polar surface area (TPSA) is 96.3 Å². The van der Waals surface area contributed by atoms with Crippen molar-refractivity contribution in [2.75, 3.05) is 11.5 Å². The molecule has 7 nitrogen and oxygen atoms in total. The van der Waals surface area contributed by atoms with Crippen LogP contribution in [0.15, 0.2) is 89.5 Å². The van der Waals surface area contributed by atoms with Crippen molar-refractivity contribution in [2.45, 2.75) is 63.8 Å². The van der Waals surface area contributed by atoms with Crippen LogP contribution in [0.3, 0.4) is 0 Å². The molecule has 3 aromatic rings. The van der Waals surface area contributed by atoms with Gasteiger partial charge in [-0.15, -0.1) is 0 Å². The van der Waals surface area contributed by atoms with E-state index in [1.807, 2.05) is 13.0 Å². The molecule has 2 fully saturated rings. The van der Waals surface area contributed by atoms with Gasteiger partial charge in [0.05, 0.1) is 34.8 Å². The van der Waals surface area contributed by atoms with Crippen LogP contribution in [0.25, 0.3) is 6.08 Å². The van der Waals surface area contributed by atoms with Crippen molar-refractivity contribution in [2.24, 2.45) is 17.8 Å². The molecule has 14 heteroatoms. The van der Waals surface area contributed by atoms with Gasteiger partial charge >= 0.3 is 19.5 Å². The second-order valence-electron chi connectivity index (χ2n) is 13.4. The largest absolute Gasteiger partial charge is 0.508 e. The van der Waals surface area contributed by atoms with Gasteiger partial charge in [0.2, 0.25) is 11.8 Å². The zero-order valence-electron chi connectivity index (χ0n) is 28.1. The standard InChI is InChI=1S/C38H36BF6NO6/c1-2-6-22(15-23-9-12-28(47)13-10-23)11-14-32-33-24(21-51-29-7-4-3-5-8-29)16-30-34(31(33)20-39(50)52-32)36(49)46(35(30)48)27-18-25(37(40,41)42)17-26(19-27)38(43,44)45/h3-5,7-10,12-13,15,17-19,30-32,34,47,50H,2,6,11,14,16,20-21H2,1H3/b22-15+/t30-,31+,32-,34-/m1/s1. The van der Waals surface area contributed by atoms with E-state index in [2.05, 4.69) is 0 Å². The lowest BCUT2D eigenvalue weighted by Crippen LogP contribution is -2.46. The lowest BCUT2D eigenvalue weighted by molar-refractivity contribution is -0.143. The lowest BCUT2D eigenvalue weighted by atomic mass is 9.58. The first-order valence-electron chi connectivity index (χ1n) is 17.0. The third-order valence-electron chi connectivity index (χ3n) is 9.86. The van der Waals surface area contributed by atoms with Crippen LogP contribution in [0.4, 0.5) is 32.0 Å². The average molecular weight is 728 g/mol. The van der Waals surface area contributed by atoms with Crippen molar-refractivity contribution >= 4 is 30.7 Å². The zero-order chi connectivity index (χ0) is 37.4. The molecular weight excluding hydrogens is 691 g/mol. The number of para-hydroxylation sites is 1. The molecule has 1 aliphatic carbocycles. The van der Waals surface area contributed by atoms with Crippen LogP contribution in [0, 0.1) is 17.8 Å². The first kappa shape index (κ1) is 37.2. The molecule has 2 amide bonds. The van der Waals surface area contributed by atoms with E-state index in [4.69, 9.17) is 9.39 Å². The summed E-state index contributed by atoms with van der Waals surface area (Å²) in [6.07, 6.45) is -6.79. The number of imide groups is 1. The summed E-state index contributed by atoms with van der Waals surface area (Å²) in [7, 11) is -1.35. The van der Waals surface area contributed by atoms with E-state index in [1.54, 1.807) is 54.6 Å². The summed E-state index contributed by atoms with van der Waals surface area (Å²) in [5, 5.41) is 20.7. The van der Waals surface area contributed by atoms with Gasteiger partial charge < -0.3 is 19.5 Å². The van der Waals surface area contributed by atoms with Crippen LogP contribution in [-0.2, 0) is 26.6 Å². The van der Waals surface area contributed by atoms with Gasteiger partial charge in [-0.3, -0.25) is 9.59 Å². The summed E-state index contributed by atoms with van der Waals surface area (Å²) in [6.45, 7) is 2.00. The highest BCUT2D eigenvalue weighted by molar-refractivity contribution is 6.43. The van der Waals surface area contributed by atoms with Crippen LogP contribution < -0.4 is 9.64 Å². The molecule has 6 rings (SSSR count). The minimum absolute atomic E-state index is 0.0244. The number of carbonyl (C=O) groups excluding carboxylic acids is 2. The number of allylic oxidation sites excluding steroid dienone is 1. The Morgan fingerprint density at radius 3 is 2.19 bits per heavy atom. The molecule has 2 heterocycles. The van der Waals surface area contributed by atoms with Crippen LogP contribution in [0.5, 0.6) is 11.5 Å². The maximum Gasteiger partial charge on any atom is 0.455 e. The number of phenols is 1. The summed E-state index contributed by atoms with van der Waals surface area (Å²) in [5.41, 5.74) is -0.905. The summed E-state index contributed by atoms with van der Waals surface area (Å²) >= 11 is 0. The van der Waals surface area contributed by atoms with E-state index in [1.165, 1.54) is 0 Å². The highest BCUT2D eigenvalue weighted by Crippen LogP contribution is 2.52. The molecule has 0 unspecified atom stereocenters. The number of amides is 2. The minimum Gasteiger partial charge on any atom is -0.508 e. The van der Waals surface area contributed by atoms with Crippen LogP contribution >= 0.6 is 0 Å². The van der Waals surface area contributed by atoms with E-state index in [9.17, 15) is 46.1 Å². The number of carbonyl (C=O) groups is 2. The summed E-state index contributed by atoms with van der Waals surface area (Å²) in [6, 6.07) is 16.2. The van der Waals surface area contributed by atoms with E-state index in [-0.39, 0.29) is 31.2 Å². The first-order valence-corrected chi connectivity index (χ1v) is 17.0. The first-order chi connectivity index (χ1) is 24.6. The SMILES string of the molecule is CCC/C(=C\c1ccc(O)cc1)CC[C@H]1OB(O)C[C@H]2C1=C(COc1ccccc1)C[C@H]1C(=O)N(c3cc(C(F)(F)F)cc(C(F)(F)F)c3)C(=O)[C@H]12. The Kier molecular flexibility index (Phi) is 10.6. The summed E-state index contributed by atoms with van der Waals surface area (Å²) in [4.78, 5) is 28.6. The molecule has 274 valence electrons. The number of phenolic OH excluding ortho intramolecular Hbond substituents is 1. The molecule has 0 radical (unpaired) electrons. The molecule has 2 aliphatic heterocycles. The van der Waals surface area contributed by atoms with Crippen molar-refractivity contribution in [1.82, 2.24) is 0 Å². The van der Waals surface area contributed by atoms with Crippen molar-refractivity contribution in [3.8, 4) is 11.5 Å². The summed E-state index contributed by atoms with van der Waals surface area (Å²) in [5.74, 6) is -4.27. The highest BCUT2D eigenvalue weighted by atomic mass is 19.4. The Hall–Kier alpha value is -4.56. The number of nitrogens with zero attached hydrogens (tertiary/aromatic N) is 1. The number of ether oxygens (including phenoxy) is 1. The Bertz CT molecular complexity index is 1830. The Morgan fingerprint density at radius 2 is 1.58 bits per heavy atom. The van der Waals surface area contributed by atoms with E-state index >= 15 is 0 Å². The second-order valence-corrected chi connectivity index (χ2v) is 13.4. The van der Waals surface area contributed by atoms with Crippen molar-refractivity contribution in [3.63, 3.8) is 0 Å². The van der Waals surface area contributed by atoms with Gasteiger partial charge in [-0.2, -0.15) is 26.3 Å². The van der Waals surface area contributed by atoms with Crippen molar-refractivity contribution in [1.29, 1.82) is 0 Å². The summed E-state index contributed by atoms with van der Waals surface area (Å²) < 4.78 is 94.8. The second kappa shape index (κ2) is 14.8. The molecule has 2 saturated heterocycles. The van der Waals surface area contributed by atoms with Gasteiger partial charge in [0, 0.05) is 0 Å². The number of anilines is 1. The molecule has 52 heavy (non-hydrogen) atoms. The molecule has 0 aromatic heterocycles. The van der Waals surface area contributed by atoms with E-state index in [0.717, 1.165) is 24.0 Å². The fourth-order valence-electron chi connectivity index (χ4n) is 7.62. The highest BCUT2D eigenvalue weighted by Gasteiger charge is 2.58. The Balaban J connectivity index is 1.37. The van der Waals surface area contributed by atoms with Gasteiger partial charge in [0.25, 0.3) is 0 Å². The van der Waals surface area contributed by atoms with Crippen molar-refractivity contribution < 1.29 is 55.5 Å². The van der Waals surface area contributed by atoms with Gasteiger partial charge in [-0.1, -0.05) is 55.3 Å². The number of fused-ring (bicyclic) bond motifs is 3. The normalized spacial score (nSPS) is 22.5. The number of hydrogen-bond acceptors (Lipinski definition) is 6. The predicted octanol–water partition coefficient (Wildman–Crippen LogP) is 8.47. The van der Waals surface area contributed by atoms with E-state index < -0.39 is 72.0 Å². The predicted molar refractivity (Wildman–Crippen MR) is 181 cm³/mol. The van der Waals surface area contributed by atoms with Gasteiger partial charge in [0.15, 0.2) is 0 Å². The number of alkyl halides is 6. The quantitative estimate of drug-likeness (QED) is 0.0942. The molecule has 0 saturated carbocycles. The fourth-order valence-corrected chi connectivity index (χ4v) is 7.62. The maximum atomic E-state index is 14.1. The monoisotopic (exact) mass is 727 g/mol. The molecule has 0 spiro atoms. The Morgan fingerprint density at radius 1 is 0.923 bits per heavy atom. The molecule has 2 N–H and O–H groups in total. The van der Waals surface area contributed by atoms with Crippen LogP contribution in [-0.4, -0.2) is 41.8 Å². The van der Waals surface area contributed by atoms with Crippen molar-refractivity contribution in [3.05, 3.63) is 106 Å². The molecule has 3 aromatic carbocycles. The maximum absolute atomic E-state index is 14.1. The zero-order valence-corrected chi connectivity index (χ0v) is 28.1. The smallest absolute Gasteiger partial charge is 0.455 e. The third kappa shape index (κ3) is 7.92. The minimum atomic E-state index is -5.18. The van der Waals surface area contributed by atoms with Crippen LogP contribution in [0.1, 0.15) is 55.7 Å². The fraction of sp³-hybridized carbons (Fsp3) is 0.368. The number of rotatable bonds is 10.